The molecule has 1 unspecified atom stereocenters. The highest BCUT2D eigenvalue weighted by molar-refractivity contribution is 5.74. The van der Waals surface area contributed by atoms with E-state index >= 15 is 0 Å². The fourth-order valence-electron chi connectivity index (χ4n) is 2.60. The Morgan fingerprint density at radius 3 is 2.84 bits per heavy atom. The molecule has 1 aliphatic heterocycles. The molecular weight excluding hydrogens is 240 g/mol. The van der Waals surface area contributed by atoms with Crippen molar-refractivity contribution < 1.29 is 9.53 Å². The van der Waals surface area contributed by atoms with E-state index in [0.29, 0.717) is 5.69 Å². The predicted molar refractivity (Wildman–Crippen MR) is 77.8 cm³/mol. The molecule has 0 aliphatic carbocycles. The van der Waals surface area contributed by atoms with E-state index < -0.39 is 0 Å². The maximum absolute atomic E-state index is 11.2. The Morgan fingerprint density at radius 2 is 2.21 bits per heavy atom. The van der Waals surface area contributed by atoms with Crippen LogP contribution < -0.4 is 15.4 Å². The molecule has 0 aromatic heterocycles. The molecular formula is C15H22N2O2. The SMILES string of the molecule is CC(C)Oc1c(N)ccc2c1CCCC(C=O)N2C. The quantitative estimate of drug-likeness (QED) is 0.671. The first kappa shape index (κ1) is 13.7. The van der Waals surface area contributed by atoms with Crippen LogP contribution in [0.1, 0.15) is 32.3 Å². The van der Waals surface area contributed by atoms with Crippen LogP contribution in [0, 0.1) is 0 Å². The summed E-state index contributed by atoms with van der Waals surface area (Å²) in [5.74, 6) is 0.783. The number of nitrogens with two attached hydrogens (primary N) is 1. The normalized spacial score (nSPS) is 18.9. The number of benzene rings is 1. The highest BCUT2D eigenvalue weighted by Gasteiger charge is 2.24. The third-order valence-electron chi connectivity index (χ3n) is 3.58. The lowest BCUT2D eigenvalue weighted by Gasteiger charge is -2.26. The van der Waals surface area contributed by atoms with Crippen LogP contribution in [0.4, 0.5) is 11.4 Å². The Balaban J connectivity index is 2.48. The van der Waals surface area contributed by atoms with Gasteiger partial charge in [0, 0.05) is 18.3 Å². The summed E-state index contributed by atoms with van der Waals surface area (Å²) in [5.41, 5.74) is 8.90. The molecule has 104 valence electrons. The Kier molecular flexibility index (Phi) is 3.98. The minimum absolute atomic E-state index is 0.0585. The van der Waals surface area contributed by atoms with Gasteiger partial charge in [-0.3, -0.25) is 0 Å². The van der Waals surface area contributed by atoms with Crippen LogP contribution in [0.2, 0.25) is 0 Å². The second kappa shape index (κ2) is 5.51. The van der Waals surface area contributed by atoms with Crippen molar-refractivity contribution in [1.29, 1.82) is 0 Å². The standard InChI is InChI=1S/C15H22N2O2/c1-10(2)19-15-12-6-4-5-11(9-18)17(3)14(12)8-7-13(15)16/h7-11H,4-6,16H2,1-3H3. The van der Waals surface area contributed by atoms with E-state index in [9.17, 15) is 4.79 Å². The minimum atomic E-state index is -0.0585. The molecule has 0 saturated heterocycles. The number of hydrogen-bond acceptors (Lipinski definition) is 4. The number of carbonyl (C=O) groups excluding carboxylic acids is 1. The zero-order chi connectivity index (χ0) is 14.0. The fourth-order valence-corrected chi connectivity index (χ4v) is 2.60. The Labute approximate surface area is 114 Å². The number of likely N-dealkylation sites (N-methyl/N-ethyl adjacent to an activating group) is 1. The first-order chi connectivity index (χ1) is 9.04. The third kappa shape index (κ3) is 2.67. The summed E-state index contributed by atoms with van der Waals surface area (Å²) in [6.45, 7) is 3.99. The van der Waals surface area contributed by atoms with E-state index in [2.05, 4.69) is 0 Å². The average molecular weight is 262 g/mol. The lowest BCUT2D eigenvalue weighted by Crippen LogP contribution is -2.32. The first-order valence-electron chi connectivity index (χ1n) is 6.80. The number of nitrogen functional groups attached to an aromatic ring is 1. The summed E-state index contributed by atoms with van der Waals surface area (Å²) in [4.78, 5) is 13.2. The Hall–Kier alpha value is -1.71. The largest absolute Gasteiger partial charge is 0.488 e. The molecule has 0 radical (unpaired) electrons. The molecule has 0 fully saturated rings. The van der Waals surface area contributed by atoms with E-state index in [1.807, 2.05) is 37.9 Å². The van der Waals surface area contributed by atoms with Crippen molar-refractivity contribution in [1.82, 2.24) is 0 Å². The number of aldehydes is 1. The summed E-state index contributed by atoms with van der Waals surface area (Å²) >= 11 is 0. The van der Waals surface area contributed by atoms with Crippen molar-refractivity contribution in [3.8, 4) is 5.75 Å². The van der Waals surface area contributed by atoms with Gasteiger partial charge >= 0.3 is 0 Å². The molecule has 2 N–H and O–H groups in total. The number of carbonyl (C=O) groups is 1. The van der Waals surface area contributed by atoms with Gasteiger partial charge in [0.2, 0.25) is 0 Å². The van der Waals surface area contributed by atoms with Crippen molar-refractivity contribution in [3.05, 3.63) is 17.7 Å². The van der Waals surface area contributed by atoms with Gasteiger partial charge in [0.15, 0.2) is 0 Å². The second-order valence-corrected chi connectivity index (χ2v) is 5.35. The van der Waals surface area contributed by atoms with Crippen molar-refractivity contribution >= 4 is 17.7 Å². The third-order valence-corrected chi connectivity index (χ3v) is 3.58. The van der Waals surface area contributed by atoms with Crippen LogP contribution in [0.3, 0.4) is 0 Å². The van der Waals surface area contributed by atoms with Crippen molar-refractivity contribution in [2.24, 2.45) is 0 Å². The van der Waals surface area contributed by atoms with Crippen LogP contribution in [-0.4, -0.2) is 25.5 Å². The monoisotopic (exact) mass is 262 g/mol. The van der Waals surface area contributed by atoms with Gasteiger partial charge in [0.05, 0.1) is 17.8 Å². The number of nitrogens with zero attached hydrogens (tertiary/aromatic N) is 1. The smallest absolute Gasteiger partial charge is 0.147 e. The van der Waals surface area contributed by atoms with Gasteiger partial charge in [-0.05, 0) is 45.2 Å². The molecule has 19 heavy (non-hydrogen) atoms. The Morgan fingerprint density at radius 1 is 1.47 bits per heavy atom. The predicted octanol–water partition coefficient (Wildman–Crippen LogP) is 2.40. The number of hydrogen-bond donors (Lipinski definition) is 1. The van der Waals surface area contributed by atoms with Gasteiger partial charge in [-0.1, -0.05) is 0 Å². The van der Waals surface area contributed by atoms with Crippen LogP contribution in [0.5, 0.6) is 5.75 Å². The maximum atomic E-state index is 11.2. The van der Waals surface area contributed by atoms with E-state index in [0.717, 1.165) is 42.5 Å². The molecule has 2 rings (SSSR count). The number of anilines is 2. The van der Waals surface area contributed by atoms with Gasteiger partial charge in [-0.2, -0.15) is 0 Å². The molecule has 1 heterocycles. The summed E-state index contributed by atoms with van der Waals surface area (Å²) in [6.07, 6.45) is 3.85. The van der Waals surface area contributed by atoms with Gasteiger partial charge in [0.1, 0.15) is 12.0 Å². The van der Waals surface area contributed by atoms with Crippen LogP contribution in [0.25, 0.3) is 0 Å². The number of rotatable bonds is 3. The van der Waals surface area contributed by atoms with Crippen molar-refractivity contribution in [2.75, 3.05) is 17.7 Å². The highest BCUT2D eigenvalue weighted by atomic mass is 16.5. The molecule has 1 aromatic carbocycles. The summed E-state index contributed by atoms with van der Waals surface area (Å²) in [7, 11) is 1.96. The zero-order valence-electron chi connectivity index (χ0n) is 11.8. The molecule has 1 aromatic rings. The van der Waals surface area contributed by atoms with Gasteiger partial charge in [0.25, 0.3) is 0 Å². The lowest BCUT2D eigenvalue weighted by molar-refractivity contribution is -0.109. The molecule has 0 amide bonds. The molecule has 0 spiro atoms. The summed E-state index contributed by atoms with van der Waals surface area (Å²) in [5, 5.41) is 0. The summed E-state index contributed by atoms with van der Waals surface area (Å²) in [6, 6.07) is 3.79. The molecule has 4 nitrogen and oxygen atoms in total. The molecule has 4 heteroatoms. The topological polar surface area (TPSA) is 55.6 Å². The van der Waals surface area contributed by atoms with Gasteiger partial charge in [-0.25, -0.2) is 0 Å². The van der Waals surface area contributed by atoms with Crippen molar-refractivity contribution in [3.63, 3.8) is 0 Å². The molecule has 0 bridgehead atoms. The molecule has 1 aliphatic rings. The number of fused-ring (bicyclic) bond motifs is 1. The fraction of sp³-hybridized carbons (Fsp3) is 0.533. The first-order valence-corrected chi connectivity index (χ1v) is 6.80. The van der Waals surface area contributed by atoms with Crippen LogP contribution >= 0.6 is 0 Å². The van der Waals surface area contributed by atoms with Crippen LogP contribution in [-0.2, 0) is 11.2 Å². The van der Waals surface area contributed by atoms with Crippen LogP contribution in [0.15, 0.2) is 12.1 Å². The molecule has 0 saturated carbocycles. The van der Waals surface area contributed by atoms with E-state index in [1.165, 1.54) is 0 Å². The van der Waals surface area contributed by atoms with Crippen molar-refractivity contribution in [2.45, 2.75) is 45.3 Å². The summed E-state index contributed by atoms with van der Waals surface area (Å²) < 4.78 is 5.88. The average Bonchev–Trinajstić information content (AvgIpc) is 2.52. The van der Waals surface area contributed by atoms with Gasteiger partial charge < -0.3 is 20.2 Å². The molecule has 1 atom stereocenters. The maximum Gasteiger partial charge on any atom is 0.147 e. The minimum Gasteiger partial charge on any atom is -0.488 e. The zero-order valence-corrected chi connectivity index (χ0v) is 11.8. The Bertz CT molecular complexity index is 471. The number of ether oxygens (including phenoxy) is 1. The van der Waals surface area contributed by atoms with E-state index in [-0.39, 0.29) is 12.1 Å². The van der Waals surface area contributed by atoms with Gasteiger partial charge in [-0.15, -0.1) is 0 Å². The second-order valence-electron chi connectivity index (χ2n) is 5.35. The highest BCUT2D eigenvalue weighted by Crippen LogP contribution is 2.38. The van der Waals surface area contributed by atoms with E-state index in [1.54, 1.807) is 0 Å². The van der Waals surface area contributed by atoms with E-state index in [4.69, 9.17) is 10.5 Å². The lowest BCUT2D eigenvalue weighted by atomic mass is 10.0.